The van der Waals surface area contributed by atoms with E-state index < -0.39 is 5.60 Å². The van der Waals surface area contributed by atoms with Crippen molar-refractivity contribution in [2.45, 2.75) is 45.1 Å². The van der Waals surface area contributed by atoms with E-state index in [-0.39, 0.29) is 5.91 Å². The van der Waals surface area contributed by atoms with E-state index in [1.807, 2.05) is 38.1 Å². The fourth-order valence-corrected chi connectivity index (χ4v) is 3.52. The molecular weight excluding hydrogens is 288 g/mol. The number of amides is 1. The van der Waals surface area contributed by atoms with Crippen LogP contribution < -0.4 is 0 Å². The Morgan fingerprint density at radius 1 is 1.26 bits per heavy atom. The van der Waals surface area contributed by atoms with Crippen LogP contribution in [-0.2, 0) is 0 Å². The smallest absolute Gasteiger partial charge is 0.255 e. The van der Waals surface area contributed by atoms with Crippen molar-refractivity contribution in [3.63, 3.8) is 0 Å². The molecule has 1 aromatic heterocycles. The zero-order chi connectivity index (χ0) is 16.6. The summed E-state index contributed by atoms with van der Waals surface area (Å²) < 4.78 is 0. The first-order valence-corrected chi connectivity index (χ1v) is 8.24. The van der Waals surface area contributed by atoms with Crippen molar-refractivity contribution < 1.29 is 9.90 Å². The number of rotatable bonds is 3. The van der Waals surface area contributed by atoms with Crippen molar-refractivity contribution in [3.8, 4) is 0 Å². The van der Waals surface area contributed by atoms with Gasteiger partial charge in [0.1, 0.15) is 0 Å². The van der Waals surface area contributed by atoms with Gasteiger partial charge in [-0.2, -0.15) is 0 Å². The highest BCUT2D eigenvalue weighted by molar-refractivity contribution is 5.98. The van der Waals surface area contributed by atoms with E-state index in [0.717, 1.165) is 47.8 Å². The minimum Gasteiger partial charge on any atom is -0.388 e. The number of nitrogens with zero attached hydrogens (tertiary/aromatic N) is 2. The standard InChI is InChI=1S/C19H24N2O2/c1-13-6-7-17-15(10-13)11-16(14(2)20-17)18(22)21(3)12-19(23)8-4-5-9-19/h6-7,10-11,23H,4-5,8-9,12H2,1-3H3. The topological polar surface area (TPSA) is 53.4 Å². The lowest BCUT2D eigenvalue weighted by Crippen LogP contribution is -2.42. The maximum atomic E-state index is 12.8. The SMILES string of the molecule is Cc1ccc2nc(C)c(C(=O)N(C)CC3(O)CCCC3)cc2c1. The summed E-state index contributed by atoms with van der Waals surface area (Å²) in [4.78, 5) is 19.0. The Morgan fingerprint density at radius 2 is 1.96 bits per heavy atom. The molecule has 3 rings (SSSR count). The molecule has 0 spiro atoms. The van der Waals surface area contributed by atoms with E-state index in [2.05, 4.69) is 4.98 Å². The number of aryl methyl sites for hydroxylation is 2. The molecule has 1 aliphatic rings. The Labute approximate surface area is 137 Å². The average molecular weight is 312 g/mol. The van der Waals surface area contributed by atoms with Crippen LogP contribution in [0.15, 0.2) is 24.3 Å². The minimum atomic E-state index is -0.723. The highest BCUT2D eigenvalue weighted by Crippen LogP contribution is 2.30. The van der Waals surface area contributed by atoms with E-state index in [4.69, 9.17) is 0 Å². The van der Waals surface area contributed by atoms with Crippen LogP contribution in [0.1, 0.15) is 47.3 Å². The van der Waals surface area contributed by atoms with Crippen LogP contribution in [0.25, 0.3) is 10.9 Å². The maximum absolute atomic E-state index is 12.8. The third kappa shape index (κ3) is 3.22. The van der Waals surface area contributed by atoms with Gasteiger partial charge in [0.05, 0.1) is 22.4 Å². The first-order chi connectivity index (χ1) is 10.9. The molecule has 0 bridgehead atoms. The van der Waals surface area contributed by atoms with E-state index in [0.29, 0.717) is 12.1 Å². The van der Waals surface area contributed by atoms with Gasteiger partial charge in [-0.3, -0.25) is 9.78 Å². The molecule has 0 atom stereocenters. The Kier molecular flexibility index (Phi) is 4.11. The largest absolute Gasteiger partial charge is 0.388 e. The van der Waals surface area contributed by atoms with Gasteiger partial charge in [0.15, 0.2) is 0 Å². The Morgan fingerprint density at radius 3 is 2.65 bits per heavy atom. The molecule has 4 heteroatoms. The van der Waals surface area contributed by atoms with Crippen molar-refractivity contribution in [2.75, 3.05) is 13.6 Å². The second kappa shape index (κ2) is 5.93. The summed E-state index contributed by atoms with van der Waals surface area (Å²) in [5.41, 5.74) is 2.68. The number of aliphatic hydroxyl groups is 1. The number of carbonyl (C=O) groups is 1. The number of hydrogen-bond acceptors (Lipinski definition) is 3. The van der Waals surface area contributed by atoms with E-state index in [1.165, 1.54) is 0 Å². The zero-order valence-corrected chi connectivity index (χ0v) is 14.1. The highest BCUT2D eigenvalue weighted by atomic mass is 16.3. The number of likely N-dealkylation sites (N-methyl/N-ethyl adjacent to an activating group) is 1. The van der Waals surface area contributed by atoms with Gasteiger partial charge in [0, 0.05) is 19.0 Å². The molecule has 1 fully saturated rings. The molecule has 0 aliphatic heterocycles. The van der Waals surface area contributed by atoms with Gasteiger partial charge in [0.25, 0.3) is 5.91 Å². The summed E-state index contributed by atoms with van der Waals surface area (Å²) in [6, 6.07) is 7.97. The van der Waals surface area contributed by atoms with Crippen molar-refractivity contribution in [2.24, 2.45) is 0 Å². The number of carbonyl (C=O) groups excluding carboxylic acids is 1. The molecule has 1 N–H and O–H groups in total. The van der Waals surface area contributed by atoms with Crippen LogP contribution in [0.3, 0.4) is 0 Å². The van der Waals surface area contributed by atoms with Crippen LogP contribution in [0.4, 0.5) is 0 Å². The molecule has 1 saturated carbocycles. The molecule has 0 saturated heterocycles. The van der Waals surface area contributed by atoms with Gasteiger partial charge >= 0.3 is 0 Å². The lowest BCUT2D eigenvalue weighted by molar-refractivity contribution is 0.0156. The van der Waals surface area contributed by atoms with Crippen molar-refractivity contribution in [1.82, 2.24) is 9.88 Å². The summed E-state index contributed by atoms with van der Waals surface area (Å²) in [6.07, 6.45) is 3.63. The number of hydrogen-bond donors (Lipinski definition) is 1. The Hall–Kier alpha value is -1.94. The predicted octanol–water partition coefficient (Wildman–Crippen LogP) is 3.23. The van der Waals surface area contributed by atoms with E-state index >= 15 is 0 Å². The van der Waals surface area contributed by atoms with Gasteiger partial charge in [-0.25, -0.2) is 0 Å². The molecule has 122 valence electrons. The van der Waals surface area contributed by atoms with Crippen LogP contribution in [-0.4, -0.2) is 40.1 Å². The molecule has 1 aromatic carbocycles. The molecule has 4 nitrogen and oxygen atoms in total. The molecule has 2 aromatic rings. The molecule has 1 heterocycles. The number of benzene rings is 1. The van der Waals surface area contributed by atoms with Gasteiger partial charge in [0.2, 0.25) is 0 Å². The second-order valence-corrected chi connectivity index (χ2v) is 6.91. The Balaban J connectivity index is 1.89. The molecule has 23 heavy (non-hydrogen) atoms. The minimum absolute atomic E-state index is 0.0706. The van der Waals surface area contributed by atoms with E-state index in [1.54, 1.807) is 11.9 Å². The lowest BCUT2D eigenvalue weighted by atomic mass is 10.0. The van der Waals surface area contributed by atoms with Gasteiger partial charge in [-0.05, 0) is 44.9 Å². The highest BCUT2D eigenvalue weighted by Gasteiger charge is 2.33. The van der Waals surface area contributed by atoms with Crippen LogP contribution >= 0.6 is 0 Å². The maximum Gasteiger partial charge on any atom is 0.255 e. The lowest BCUT2D eigenvalue weighted by Gasteiger charge is -2.29. The predicted molar refractivity (Wildman–Crippen MR) is 91.6 cm³/mol. The average Bonchev–Trinajstić information content (AvgIpc) is 2.92. The molecule has 1 aliphatic carbocycles. The fourth-order valence-electron chi connectivity index (χ4n) is 3.52. The summed E-state index contributed by atoms with van der Waals surface area (Å²) in [6.45, 7) is 4.28. The van der Waals surface area contributed by atoms with Crippen LogP contribution in [0.2, 0.25) is 0 Å². The van der Waals surface area contributed by atoms with Crippen LogP contribution in [0, 0.1) is 13.8 Å². The van der Waals surface area contributed by atoms with Crippen molar-refractivity contribution in [3.05, 3.63) is 41.1 Å². The first-order valence-electron chi connectivity index (χ1n) is 8.24. The molecular formula is C19H24N2O2. The number of aromatic nitrogens is 1. The monoisotopic (exact) mass is 312 g/mol. The van der Waals surface area contributed by atoms with Crippen molar-refractivity contribution >= 4 is 16.8 Å². The normalized spacial score (nSPS) is 16.7. The summed E-state index contributed by atoms with van der Waals surface area (Å²) in [7, 11) is 1.76. The van der Waals surface area contributed by atoms with E-state index in [9.17, 15) is 9.90 Å². The van der Waals surface area contributed by atoms with Crippen LogP contribution in [0.5, 0.6) is 0 Å². The first kappa shape index (κ1) is 15.9. The Bertz CT molecular complexity index is 748. The molecule has 0 radical (unpaired) electrons. The number of fused-ring (bicyclic) bond motifs is 1. The van der Waals surface area contributed by atoms with Gasteiger partial charge in [-0.15, -0.1) is 0 Å². The fraction of sp³-hybridized carbons (Fsp3) is 0.474. The van der Waals surface area contributed by atoms with Gasteiger partial charge in [-0.1, -0.05) is 24.5 Å². The molecule has 0 unspecified atom stereocenters. The zero-order valence-electron chi connectivity index (χ0n) is 14.1. The number of pyridine rings is 1. The quantitative estimate of drug-likeness (QED) is 0.946. The van der Waals surface area contributed by atoms with Crippen molar-refractivity contribution in [1.29, 1.82) is 0 Å². The third-order valence-electron chi connectivity index (χ3n) is 4.80. The third-order valence-corrected chi connectivity index (χ3v) is 4.80. The molecule has 1 amide bonds. The summed E-state index contributed by atoms with van der Waals surface area (Å²) >= 11 is 0. The second-order valence-electron chi connectivity index (χ2n) is 6.91. The van der Waals surface area contributed by atoms with Gasteiger partial charge < -0.3 is 10.0 Å². The summed E-state index contributed by atoms with van der Waals surface area (Å²) in [5, 5.41) is 11.5. The summed E-state index contributed by atoms with van der Waals surface area (Å²) in [5.74, 6) is -0.0706.